The molecule has 12 aromatic rings. The molecule has 0 atom stereocenters. The first kappa shape index (κ1) is 46.5. The molecule has 0 spiro atoms. The summed E-state index contributed by atoms with van der Waals surface area (Å²) in [6.07, 6.45) is 0.302. The molecule has 2 aromatic heterocycles. The summed E-state index contributed by atoms with van der Waals surface area (Å²) < 4.78 is 28.1. The maximum atomic E-state index is 9.52. The molecule has 0 bridgehead atoms. The molecule has 10 aromatic carbocycles. The van der Waals surface area contributed by atoms with Crippen LogP contribution >= 0.6 is 0 Å². The maximum Gasteiger partial charge on any atom is 0.135 e. The van der Waals surface area contributed by atoms with Crippen molar-refractivity contribution in [2.75, 3.05) is 9.80 Å². The van der Waals surface area contributed by atoms with Crippen molar-refractivity contribution in [3.05, 3.63) is 295 Å². The fourth-order valence-electron chi connectivity index (χ4n) is 12.0. The van der Waals surface area contributed by atoms with Gasteiger partial charge in [-0.3, -0.25) is 0 Å². The van der Waals surface area contributed by atoms with Gasteiger partial charge in [-0.15, -0.1) is 48.1 Å². The molecule has 380 valence electrons. The third kappa shape index (κ3) is 8.24. The van der Waals surface area contributed by atoms with Gasteiger partial charge in [-0.1, -0.05) is 196 Å². The number of anilines is 4. The van der Waals surface area contributed by atoms with Crippen LogP contribution in [0.15, 0.2) is 249 Å². The Morgan fingerprint density at radius 2 is 1.10 bits per heavy atom. The van der Waals surface area contributed by atoms with Gasteiger partial charge in [0, 0.05) is 75.2 Å². The predicted octanol–water partition coefficient (Wildman–Crippen LogP) is 18.3. The predicted molar refractivity (Wildman–Crippen MR) is 316 cm³/mol. The van der Waals surface area contributed by atoms with Gasteiger partial charge in [-0.05, 0) is 110 Å². The first-order chi connectivity index (χ1) is 38.6. The molecule has 0 radical (unpaired) electrons. The molecule has 0 unspecified atom stereocenters. The molecule has 0 amide bonds. The first-order valence-electron chi connectivity index (χ1n) is 27.3. The summed E-state index contributed by atoms with van der Waals surface area (Å²) >= 11 is 0. The summed E-state index contributed by atoms with van der Waals surface area (Å²) in [6, 6.07) is 92.0. The molecule has 2 aliphatic rings. The molecule has 0 N–H and O–H groups in total. The van der Waals surface area contributed by atoms with Crippen LogP contribution in [0.5, 0.6) is 11.5 Å². The SMILES string of the molecule is [2H]C([2H])(c1cc(-c2ccccc2)c(N2[CH-]N(c3[c-]c(Oc4[c-]c5c(cc4)c4ccccc4n5-c4cc(C5(c6ccccc6)c6ccccc6-c6ccccc65)ccn4)ccc3)c3ccccc32)c(-c2ccccc2)c1)C(C)(C)C.[Pt]. The molecule has 14 rings (SSSR count). The Kier molecular flexibility index (Phi) is 11.7. The topological polar surface area (TPSA) is 33.5 Å². The molecule has 3 heterocycles. The minimum atomic E-state index is -1.64. The Balaban J connectivity index is 0.00000605. The van der Waals surface area contributed by atoms with Crippen molar-refractivity contribution in [3.8, 4) is 50.7 Å². The number of fused-ring (bicyclic) bond motifs is 7. The van der Waals surface area contributed by atoms with Gasteiger partial charge in [-0.25, -0.2) is 4.98 Å². The van der Waals surface area contributed by atoms with Crippen molar-refractivity contribution in [2.24, 2.45) is 5.41 Å². The van der Waals surface area contributed by atoms with E-state index in [0.717, 1.165) is 78.2 Å². The van der Waals surface area contributed by atoms with Crippen molar-refractivity contribution in [3.63, 3.8) is 0 Å². The van der Waals surface area contributed by atoms with Crippen LogP contribution in [0, 0.1) is 24.2 Å². The number of ether oxygens (including phenoxy) is 1. The van der Waals surface area contributed by atoms with Gasteiger partial charge >= 0.3 is 0 Å². The zero-order valence-electron chi connectivity index (χ0n) is 45.3. The van der Waals surface area contributed by atoms with Crippen LogP contribution in [0.1, 0.15) is 51.3 Å². The summed E-state index contributed by atoms with van der Waals surface area (Å²) in [4.78, 5) is 9.54. The molecule has 5 nitrogen and oxygen atoms in total. The van der Waals surface area contributed by atoms with Crippen molar-refractivity contribution >= 4 is 44.6 Å². The van der Waals surface area contributed by atoms with E-state index >= 15 is 0 Å². The van der Waals surface area contributed by atoms with Gasteiger partial charge in [0.1, 0.15) is 5.82 Å². The largest absolute Gasteiger partial charge is 0.509 e. The summed E-state index contributed by atoms with van der Waals surface area (Å²) in [5, 5.41) is 2.13. The molecule has 78 heavy (non-hydrogen) atoms. The molecule has 1 aliphatic heterocycles. The van der Waals surface area contributed by atoms with Gasteiger partial charge in [0.25, 0.3) is 0 Å². The second kappa shape index (κ2) is 19.7. The summed E-state index contributed by atoms with van der Waals surface area (Å²) in [5.41, 5.74) is 16.0. The van der Waals surface area contributed by atoms with Crippen LogP contribution in [0.4, 0.5) is 22.7 Å². The Morgan fingerprint density at radius 1 is 0.526 bits per heavy atom. The van der Waals surface area contributed by atoms with Crippen molar-refractivity contribution in [2.45, 2.75) is 32.6 Å². The van der Waals surface area contributed by atoms with E-state index in [1.54, 1.807) is 0 Å². The fraction of sp³-hybridized carbons (Fsp3) is 0.0833. The number of rotatable bonds is 10. The molecular weight excluding hydrogens is 1130 g/mol. The third-order valence-corrected chi connectivity index (χ3v) is 15.0. The molecular formula is C72H53N4OPt-3. The van der Waals surface area contributed by atoms with Crippen LogP contribution in [-0.4, -0.2) is 9.55 Å². The van der Waals surface area contributed by atoms with E-state index in [-0.39, 0.29) is 21.1 Å². The minimum Gasteiger partial charge on any atom is -0.509 e. The first-order valence-corrected chi connectivity index (χ1v) is 26.3. The molecule has 0 fully saturated rings. The van der Waals surface area contributed by atoms with Gasteiger partial charge in [-0.2, -0.15) is 12.1 Å². The average Bonchev–Trinajstić information content (AvgIpc) is 4.26. The summed E-state index contributed by atoms with van der Waals surface area (Å²) in [7, 11) is 0. The quantitative estimate of drug-likeness (QED) is 0.128. The Labute approximate surface area is 473 Å². The second-order valence-electron chi connectivity index (χ2n) is 20.9. The van der Waals surface area contributed by atoms with E-state index in [4.69, 9.17) is 9.72 Å². The normalized spacial score (nSPS) is 13.8. The van der Waals surface area contributed by atoms with Crippen LogP contribution in [0.2, 0.25) is 0 Å². The van der Waals surface area contributed by atoms with Crippen LogP contribution in [-0.2, 0) is 32.9 Å². The van der Waals surface area contributed by atoms with Gasteiger partial charge in [0.15, 0.2) is 0 Å². The van der Waals surface area contributed by atoms with Gasteiger partial charge in [0.05, 0.1) is 5.41 Å². The van der Waals surface area contributed by atoms with Crippen molar-refractivity contribution in [1.29, 1.82) is 0 Å². The number of para-hydroxylation sites is 3. The minimum absolute atomic E-state index is 0. The van der Waals surface area contributed by atoms with E-state index in [9.17, 15) is 2.74 Å². The standard InChI is InChI=1S/C72H53N4O.Pt/c1-71(2,3)47-49-42-61(50-22-7-4-8-23-50)70(62(43-49)51-24-9-5-10-25-51)75-48-74(66-36-19-20-37-67(66)75)54-28-21-29-55(45-54)77-56-38-39-60-59-32-15-18-35-65(59)76(68(60)46-56)69-44-53(40-41-73-69)72(52-26-11-6-12-27-52)63-33-16-13-30-57(63)58-31-14-17-34-64(58)72;/h4-44,48H,47H2,1-3H3;/q-3;/i47D2;. The van der Waals surface area contributed by atoms with E-state index in [2.05, 4.69) is 215 Å². The van der Waals surface area contributed by atoms with Crippen LogP contribution in [0.25, 0.3) is 61.0 Å². The summed E-state index contributed by atoms with van der Waals surface area (Å²) in [5.74, 6) is 1.86. The number of nitrogens with zero attached hydrogens (tertiary/aromatic N) is 4. The smallest absolute Gasteiger partial charge is 0.135 e. The van der Waals surface area contributed by atoms with Crippen molar-refractivity contribution < 1.29 is 28.5 Å². The monoisotopic (exact) mass is 1190 g/mol. The molecule has 0 saturated heterocycles. The van der Waals surface area contributed by atoms with E-state index in [1.165, 1.54) is 27.8 Å². The van der Waals surface area contributed by atoms with Gasteiger partial charge < -0.3 is 19.1 Å². The van der Waals surface area contributed by atoms with Crippen molar-refractivity contribution in [1.82, 2.24) is 9.55 Å². The van der Waals surface area contributed by atoms with Crippen LogP contribution < -0.4 is 14.5 Å². The number of pyridine rings is 1. The second-order valence-corrected chi connectivity index (χ2v) is 20.9. The number of aromatic nitrogens is 2. The van der Waals surface area contributed by atoms with Gasteiger partial charge in [0.2, 0.25) is 0 Å². The van der Waals surface area contributed by atoms with E-state index in [1.807, 2.05) is 87.6 Å². The van der Waals surface area contributed by atoms with E-state index in [0.29, 0.717) is 17.1 Å². The Hall–Kier alpha value is -8.76. The number of benzene rings is 10. The Morgan fingerprint density at radius 3 is 1.77 bits per heavy atom. The van der Waals surface area contributed by atoms with E-state index < -0.39 is 17.2 Å². The zero-order valence-corrected chi connectivity index (χ0v) is 45.5. The van der Waals surface area contributed by atoms with Crippen LogP contribution in [0.3, 0.4) is 0 Å². The summed E-state index contributed by atoms with van der Waals surface area (Å²) in [6.45, 7) is 8.01. The molecule has 1 aliphatic carbocycles. The molecule has 6 heteroatoms. The third-order valence-electron chi connectivity index (χ3n) is 15.0. The molecule has 0 saturated carbocycles. The maximum absolute atomic E-state index is 9.52. The Bertz CT molecular complexity index is 4200. The zero-order chi connectivity index (χ0) is 53.5. The average molecular weight is 1190 g/mol. The number of hydrogen-bond donors (Lipinski definition) is 0. The number of hydrogen-bond acceptors (Lipinski definition) is 4. The fourth-order valence-corrected chi connectivity index (χ4v) is 12.0.